The fraction of sp³-hybridized carbons (Fsp3) is 0.857. The van der Waals surface area contributed by atoms with Gasteiger partial charge in [-0.3, -0.25) is 4.90 Å². The minimum absolute atomic E-state index is 0.212. The number of hydrogen-bond acceptors (Lipinski definition) is 4. The van der Waals surface area contributed by atoms with Crippen molar-refractivity contribution in [3.63, 3.8) is 0 Å². The van der Waals surface area contributed by atoms with Crippen LogP contribution >= 0.6 is 0 Å². The summed E-state index contributed by atoms with van der Waals surface area (Å²) in [7, 11) is 0. The van der Waals surface area contributed by atoms with E-state index < -0.39 is 11.7 Å². The topological polar surface area (TPSA) is 41.9 Å². The van der Waals surface area contributed by atoms with Crippen molar-refractivity contribution in [1.82, 2.24) is 4.90 Å². The van der Waals surface area contributed by atoms with Gasteiger partial charge in [-0.2, -0.15) is 0 Å². The first-order valence-corrected chi connectivity index (χ1v) is 6.50. The van der Waals surface area contributed by atoms with E-state index in [1.165, 1.54) is 0 Å². The van der Waals surface area contributed by atoms with E-state index in [0.717, 1.165) is 13.1 Å². The van der Waals surface area contributed by atoms with Gasteiger partial charge in [0, 0.05) is 19.6 Å². The highest BCUT2D eigenvalue weighted by Crippen LogP contribution is 2.12. The van der Waals surface area contributed by atoms with Gasteiger partial charge < -0.3 is 14.6 Å². The Labute approximate surface area is 110 Å². The van der Waals surface area contributed by atoms with Crippen molar-refractivity contribution in [2.75, 3.05) is 26.2 Å². The Morgan fingerprint density at radius 3 is 2.50 bits per heavy atom. The van der Waals surface area contributed by atoms with Gasteiger partial charge >= 0.3 is 0 Å². The van der Waals surface area contributed by atoms with Crippen LogP contribution in [0.2, 0.25) is 0 Å². The number of ether oxygens (including phenoxy) is 2. The minimum atomic E-state index is -0.618. The number of β-amino-alcohol motifs (C(OH)–C–C–N with tert-alkyl or cyclic N) is 1. The zero-order valence-corrected chi connectivity index (χ0v) is 11.8. The lowest BCUT2D eigenvalue weighted by Crippen LogP contribution is -2.48. The summed E-state index contributed by atoms with van der Waals surface area (Å²) in [5.74, 6) is 2.55. The van der Waals surface area contributed by atoms with Crippen molar-refractivity contribution in [3.05, 3.63) is 0 Å². The summed E-state index contributed by atoms with van der Waals surface area (Å²) in [5.41, 5.74) is -0.618. The van der Waals surface area contributed by atoms with E-state index in [2.05, 4.69) is 10.8 Å². The zero-order valence-electron chi connectivity index (χ0n) is 11.8. The summed E-state index contributed by atoms with van der Waals surface area (Å²) in [6, 6.07) is 0. The standard InChI is InChI=1S/C14H25NO3/c1-6-14(4,5)17-10-13(16)9-15-7-11(2)18-12(3)8-15/h1,11-13,16H,7-10H2,2-5H3/t11-,12-,13+/m1/s1. The summed E-state index contributed by atoms with van der Waals surface area (Å²) in [6.07, 6.45) is 5.24. The van der Waals surface area contributed by atoms with E-state index in [0.29, 0.717) is 6.54 Å². The molecular formula is C14H25NO3. The average molecular weight is 255 g/mol. The second-order valence-electron chi connectivity index (χ2n) is 5.60. The first-order valence-electron chi connectivity index (χ1n) is 6.50. The molecule has 4 nitrogen and oxygen atoms in total. The molecule has 0 aromatic heterocycles. The molecule has 0 amide bonds. The van der Waals surface area contributed by atoms with Gasteiger partial charge in [-0.05, 0) is 27.7 Å². The van der Waals surface area contributed by atoms with Crippen LogP contribution in [0.15, 0.2) is 0 Å². The summed E-state index contributed by atoms with van der Waals surface area (Å²) >= 11 is 0. The van der Waals surface area contributed by atoms with Crippen LogP contribution in [0.4, 0.5) is 0 Å². The molecule has 104 valence electrons. The third-order valence-electron chi connectivity index (χ3n) is 2.95. The Morgan fingerprint density at radius 2 is 2.00 bits per heavy atom. The lowest BCUT2D eigenvalue weighted by Gasteiger charge is -2.36. The van der Waals surface area contributed by atoms with Crippen molar-refractivity contribution < 1.29 is 14.6 Å². The summed E-state index contributed by atoms with van der Waals surface area (Å²) in [4.78, 5) is 2.20. The molecule has 1 N–H and O–H groups in total. The molecule has 1 fully saturated rings. The molecule has 1 rings (SSSR count). The largest absolute Gasteiger partial charge is 0.389 e. The molecule has 0 bridgehead atoms. The van der Waals surface area contributed by atoms with Crippen molar-refractivity contribution >= 4 is 0 Å². The molecule has 1 saturated heterocycles. The van der Waals surface area contributed by atoms with Crippen LogP contribution in [0, 0.1) is 12.3 Å². The quantitative estimate of drug-likeness (QED) is 0.741. The smallest absolute Gasteiger partial charge is 0.122 e. The highest BCUT2D eigenvalue weighted by atomic mass is 16.5. The number of aliphatic hydroxyl groups is 1. The van der Waals surface area contributed by atoms with Crippen molar-refractivity contribution in [3.8, 4) is 12.3 Å². The second-order valence-corrected chi connectivity index (χ2v) is 5.60. The Morgan fingerprint density at radius 1 is 1.44 bits per heavy atom. The average Bonchev–Trinajstić information content (AvgIpc) is 2.25. The Bertz CT molecular complexity index is 288. The van der Waals surface area contributed by atoms with Gasteiger partial charge in [0.2, 0.25) is 0 Å². The third kappa shape index (κ3) is 5.36. The first-order chi connectivity index (χ1) is 8.32. The Balaban J connectivity index is 2.32. The first kappa shape index (κ1) is 15.5. The number of nitrogens with zero attached hydrogens (tertiary/aromatic N) is 1. The van der Waals surface area contributed by atoms with Crippen molar-refractivity contribution in [2.24, 2.45) is 0 Å². The van der Waals surface area contributed by atoms with Crippen LogP contribution in [0.25, 0.3) is 0 Å². The molecule has 0 radical (unpaired) electrons. The second kappa shape index (κ2) is 6.53. The van der Waals surface area contributed by atoms with E-state index in [1.807, 2.05) is 27.7 Å². The molecular weight excluding hydrogens is 230 g/mol. The normalized spacial score (nSPS) is 27.8. The molecule has 0 aliphatic carbocycles. The van der Waals surface area contributed by atoms with Gasteiger partial charge in [0.05, 0.1) is 24.9 Å². The highest BCUT2D eigenvalue weighted by Gasteiger charge is 2.24. The maximum atomic E-state index is 9.96. The van der Waals surface area contributed by atoms with Crippen LogP contribution in [-0.2, 0) is 9.47 Å². The molecule has 0 unspecified atom stereocenters. The predicted octanol–water partition coefficient (Wildman–Crippen LogP) is 0.885. The predicted molar refractivity (Wildman–Crippen MR) is 71.3 cm³/mol. The van der Waals surface area contributed by atoms with E-state index >= 15 is 0 Å². The minimum Gasteiger partial charge on any atom is -0.389 e. The number of terminal acetylenes is 1. The molecule has 3 atom stereocenters. The maximum absolute atomic E-state index is 9.96. The number of hydrogen-bond donors (Lipinski definition) is 1. The number of morpholine rings is 1. The van der Waals surface area contributed by atoms with E-state index in [1.54, 1.807) is 0 Å². The molecule has 1 heterocycles. The molecule has 0 spiro atoms. The van der Waals surface area contributed by atoms with Crippen molar-refractivity contribution in [2.45, 2.75) is 51.6 Å². The zero-order chi connectivity index (χ0) is 13.8. The van der Waals surface area contributed by atoms with Crippen LogP contribution in [0.5, 0.6) is 0 Å². The van der Waals surface area contributed by atoms with Crippen LogP contribution in [-0.4, -0.2) is 60.2 Å². The summed E-state index contributed by atoms with van der Waals surface area (Å²) < 4.78 is 11.1. The fourth-order valence-electron chi connectivity index (χ4n) is 2.13. The summed E-state index contributed by atoms with van der Waals surface area (Å²) in [5, 5.41) is 9.96. The van der Waals surface area contributed by atoms with Gasteiger partial charge in [-0.15, -0.1) is 6.42 Å². The maximum Gasteiger partial charge on any atom is 0.122 e. The monoisotopic (exact) mass is 255 g/mol. The van der Waals surface area contributed by atoms with Crippen molar-refractivity contribution in [1.29, 1.82) is 0 Å². The molecule has 18 heavy (non-hydrogen) atoms. The lowest BCUT2D eigenvalue weighted by atomic mass is 10.1. The highest BCUT2D eigenvalue weighted by molar-refractivity contribution is 5.02. The van der Waals surface area contributed by atoms with Crippen LogP contribution in [0.3, 0.4) is 0 Å². The van der Waals surface area contributed by atoms with E-state index in [4.69, 9.17) is 15.9 Å². The molecule has 0 aromatic rings. The number of aliphatic hydroxyl groups excluding tert-OH is 1. The van der Waals surface area contributed by atoms with Gasteiger partial charge in [0.15, 0.2) is 0 Å². The molecule has 1 aliphatic rings. The van der Waals surface area contributed by atoms with Gasteiger partial charge in [-0.1, -0.05) is 5.92 Å². The Hall–Kier alpha value is -0.600. The molecule has 1 aliphatic heterocycles. The molecule has 0 aromatic carbocycles. The lowest BCUT2D eigenvalue weighted by molar-refractivity contribution is -0.0885. The van der Waals surface area contributed by atoms with Crippen LogP contribution < -0.4 is 0 Å². The fourth-order valence-corrected chi connectivity index (χ4v) is 2.13. The van der Waals surface area contributed by atoms with E-state index in [9.17, 15) is 5.11 Å². The molecule has 4 heteroatoms. The summed E-state index contributed by atoms with van der Waals surface area (Å²) in [6.45, 7) is 10.3. The molecule has 0 saturated carbocycles. The number of rotatable bonds is 5. The van der Waals surface area contributed by atoms with Gasteiger partial charge in [0.25, 0.3) is 0 Å². The van der Waals surface area contributed by atoms with Gasteiger partial charge in [0.1, 0.15) is 5.60 Å². The SMILES string of the molecule is C#CC(C)(C)OC[C@@H](O)CN1C[C@@H](C)O[C@H](C)C1. The van der Waals surface area contributed by atoms with E-state index in [-0.39, 0.29) is 18.8 Å². The van der Waals surface area contributed by atoms with Gasteiger partial charge in [-0.25, -0.2) is 0 Å². The Kier molecular flexibility index (Phi) is 5.61. The third-order valence-corrected chi connectivity index (χ3v) is 2.95. The van der Waals surface area contributed by atoms with Crippen LogP contribution in [0.1, 0.15) is 27.7 Å².